The quantitative estimate of drug-likeness (QED) is 0.190. The lowest BCUT2D eigenvalue weighted by molar-refractivity contribution is -0.122. The second kappa shape index (κ2) is 15.0. The highest BCUT2D eigenvalue weighted by Gasteiger charge is 2.37. The number of carbonyl (C=O) groups is 4. The molecule has 12 nitrogen and oxygen atoms in total. The van der Waals surface area contributed by atoms with Crippen molar-refractivity contribution in [2.24, 2.45) is 0 Å². The summed E-state index contributed by atoms with van der Waals surface area (Å²) >= 11 is 6.47. The second-order valence-electron chi connectivity index (χ2n) is 9.47. The second-order valence-corrected chi connectivity index (χ2v) is 9.88. The van der Waals surface area contributed by atoms with Gasteiger partial charge in [-0.2, -0.15) is 0 Å². The Morgan fingerprint density at radius 2 is 1.67 bits per heavy atom. The van der Waals surface area contributed by atoms with E-state index in [0.717, 1.165) is 11.3 Å². The third-order valence-corrected chi connectivity index (χ3v) is 6.61. The van der Waals surface area contributed by atoms with Gasteiger partial charge in [-0.1, -0.05) is 18.5 Å². The molecule has 1 saturated heterocycles. The molecule has 1 aliphatic rings. The van der Waals surface area contributed by atoms with Gasteiger partial charge in [0.25, 0.3) is 17.7 Å². The summed E-state index contributed by atoms with van der Waals surface area (Å²) in [7, 11) is 2.91. The zero-order valence-electron chi connectivity index (χ0n) is 25.1. The highest BCUT2D eigenvalue weighted by molar-refractivity contribution is 6.39. The van der Waals surface area contributed by atoms with Crippen LogP contribution in [0.4, 0.5) is 16.2 Å². The van der Waals surface area contributed by atoms with E-state index in [2.05, 4.69) is 10.6 Å². The van der Waals surface area contributed by atoms with Gasteiger partial charge in [0.2, 0.25) is 0 Å². The Morgan fingerprint density at radius 1 is 0.911 bits per heavy atom. The molecule has 0 bridgehead atoms. The van der Waals surface area contributed by atoms with Gasteiger partial charge in [-0.3, -0.25) is 19.7 Å². The van der Waals surface area contributed by atoms with E-state index in [4.69, 9.17) is 35.3 Å². The molecular formula is C32H32ClN3O9. The molecule has 1 fully saturated rings. The SMILES string of the molecule is CCCOc1ccc(N2C(=O)NC(=O)/C(=C\c3cc(Cl)c(OCC(=O)Nc4ccc(OC)cc4)c(OC)c3)C2=O)cc1OCC. The van der Waals surface area contributed by atoms with Crippen molar-refractivity contribution in [2.45, 2.75) is 20.3 Å². The molecule has 236 valence electrons. The van der Waals surface area contributed by atoms with Gasteiger partial charge in [0, 0.05) is 11.8 Å². The Morgan fingerprint density at radius 3 is 2.33 bits per heavy atom. The number of amides is 5. The van der Waals surface area contributed by atoms with Gasteiger partial charge < -0.3 is 29.0 Å². The van der Waals surface area contributed by atoms with Crippen LogP contribution in [0.25, 0.3) is 6.08 Å². The molecule has 0 radical (unpaired) electrons. The van der Waals surface area contributed by atoms with Crippen LogP contribution in [0.15, 0.2) is 60.2 Å². The molecule has 13 heteroatoms. The number of nitrogens with zero attached hydrogens (tertiary/aromatic N) is 1. The van der Waals surface area contributed by atoms with E-state index in [9.17, 15) is 19.2 Å². The van der Waals surface area contributed by atoms with Crippen LogP contribution in [0.2, 0.25) is 5.02 Å². The lowest BCUT2D eigenvalue weighted by Crippen LogP contribution is -2.54. The predicted molar refractivity (Wildman–Crippen MR) is 168 cm³/mol. The summed E-state index contributed by atoms with van der Waals surface area (Å²) in [6.07, 6.45) is 2.05. The van der Waals surface area contributed by atoms with Crippen LogP contribution in [0, 0.1) is 0 Å². The van der Waals surface area contributed by atoms with Crippen molar-refractivity contribution in [3.05, 3.63) is 70.8 Å². The summed E-state index contributed by atoms with van der Waals surface area (Å²) in [5.74, 6) is -0.527. The molecule has 4 rings (SSSR count). The minimum Gasteiger partial charge on any atom is -0.497 e. The van der Waals surface area contributed by atoms with E-state index in [1.807, 2.05) is 6.92 Å². The molecule has 0 spiro atoms. The average Bonchev–Trinajstić information content (AvgIpc) is 3.02. The largest absolute Gasteiger partial charge is 0.497 e. The number of rotatable bonds is 13. The van der Waals surface area contributed by atoms with Crippen LogP contribution in [0.5, 0.6) is 28.7 Å². The third kappa shape index (κ3) is 7.84. The third-order valence-electron chi connectivity index (χ3n) is 6.33. The van der Waals surface area contributed by atoms with Gasteiger partial charge in [0.15, 0.2) is 29.6 Å². The van der Waals surface area contributed by atoms with Crippen molar-refractivity contribution < 1.29 is 42.9 Å². The van der Waals surface area contributed by atoms with Gasteiger partial charge >= 0.3 is 6.03 Å². The maximum atomic E-state index is 13.5. The highest BCUT2D eigenvalue weighted by atomic mass is 35.5. The first kappa shape index (κ1) is 32.7. The molecule has 0 aromatic heterocycles. The van der Waals surface area contributed by atoms with Gasteiger partial charge in [-0.15, -0.1) is 0 Å². The molecule has 3 aromatic rings. The Labute approximate surface area is 264 Å². The van der Waals surface area contributed by atoms with Crippen LogP contribution < -0.4 is 39.2 Å². The summed E-state index contributed by atoms with van der Waals surface area (Å²) in [4.78, 5) is 52.4. The summed E-state index contributed by atoms with van der Waals surface area (Å²) in [6, 6.07) is 13.4. The van der Waals surface area contributed by atoms with E-state index >= 15 is 0 Å². The Kier molecular flexibility index (Phi) is 10.9. The van der Waals surface area contributed by atoms with E-state index < -0.39 is 23.8 Å². The fourth-order valence-electron chi connectivity index (χ4n) is 4.27. The Bertz CT molecular complexity index is 1620. The number of nitrogens with one attached hydrogen (secondary N) is 2. The monoisotopic (exact) mass is 637 g/mol. The zero-order valence-corrected chi connectivity index (χ0v) is 25.9. The van der Waals surface area contributed by atoms with E-state index in [1.54, 1.807) is 44.4 Å². The van der Waals surface area contributed by atoms with Crippen molar-refractivity contribution in [3.8, 4) is 28.7 Å². The lowest BCUT2D eigenvalue weighted by atomic mass is 10.1. The predicted octanol–water partition coefficient (Wildman–Crippen LogP) is 5.23. The van der Waals surface area contributed by atoms with E-state index in [-0.39, 0.29) is 34.4 Å². The van der Waals surface area contributed by atoms with Gasteiger partial charge in [-0.25, -0.2) is 9.69 Å². The fourth-order valence-corrected chi connectivity index (χ4v) is 4.54. The van der Waals surface area contributed by atoms with Crippen molar-refractivity contribution in [3.63, 3.8) is 0 Å². The summed E-state index contributed by atoms with van der Waals surface area (Å²) in [6.45, 7) is 4.15. The molecular weight excluding hydrogens is 606 g/mol. The zero-order chi connectivity index (χ0) is 32.5. The molecule has 2 N–H and O–H groups in total. The van der Waals surface area contributed by atoms with Crippen LogP contribution in [0.3, 0.4) is 0 Å². The summed E-state index contributed by atoms with van der Waals surface area (Å²) in [5.41, 5.74) is 0.695. The molecule has 0 aliphatic carbocycles. The number of halogens is 1. The normalized spacial score (nSPS) is 13.8. The smallest absolute Gasteiger partial charge is 0.335 e. The van der Waals surface area contributed by atoms with Crippen LogP contribution >= 0.6 is 11.6 Å². The number of benzene rings is 3. The van der Waals surface area contributed by atoms with Crippen molar-refractivity contribution in [1.29, 1.82) is 0 Å². The number of anilines is 2. The average molecular weight is 638 g/mol. The van der Waals surface area contributed by atoms with Crippen molar-refractivity contribution in [2.75, 3.05) is 44.3 Å². The van der Waals surface area contributed by atoms with Crippen molar-refractivity contribution >= 4 is 52.8 Å². The minimum atomic E-state index is -0.917. The van der Waals surface area contributed by atoms with Gasteiger partial charge in [0.1, 0.15) is 11.3 Å². The number of barbiturate groups is 1. The number of carbonyl (C=O) groups excluding carboxylic acids is 4. The molecule has 0 atom stereocenters. The molecule has 1 heterocycles. The summed E-state index contributed by atoms with van der Waals surface area (Å²) < 4.78 is 27.5. The van der Waals surface area contributed by atoms with Gasteiger partial charge in [0.05, 0.1) is 38.1 Å². The molecule has 0 saturated carbocycles. The molecule has 45 heavy (non-hydrogen) atoms. The maximum Gasteiger partial charge on any atom is 0.335 e. The topological polar surface area (TPSA) is 142 Å². The van der Waals surface area contributed by atoms with Crippen LogP contribution in [0.1, 0.15) is 25.8 Å². The lowest BCUT2D eigenvalue weighted by Gasteiger charge is -2.27. The number of imide groups is 2. The maximum absolute atomic E-state index is 13.5. The van der Waals surface area contributed by atoms with E-state index in [0.29, 0.717) is 41.7 Å². The first-order valence-electron chi connectivity index (χ1n) is 13.9. The first-order chi connectivity index (χ1) is 21.7. The van der Waals surface area contributed by atoms with Crippen LogP contribution in [-0.4, -0.2) is 57.8 Å². The van der Waals surface area contributed by atoms with Crippen LogP contribution in [-0.2, 0) is 14.4 Å². The van der Waals surface area contributed by atoms with E-state index in [1.165, 1.54) is 37.5 Å². The Hall–Kier alpha value is -5.23. The van der Waals surface area contributed by atoms with Crippen molar-refractivity contribution in [1.82, 2.24) is 5.32 Å². The molecule has 0 unspecified atom stereocenters. The highest BCUT2D eigenvalue weighted by Crippen LogP contribution is 2.38. The number of urea groups is 1. The number of hydrogen-bond donors (Lipinski definition) is 2. The number of hydrogen-bond acceptors (Lipinski definition) is 9. The molecule has 1 aliphatic heterocycles. The minimum absolute atomic E-state index is 0.0547. The molecule has 5 amide bonds. The summed E-state index contributed by atoms with van der Waals surface area (Å²) in [5, 5.41) is 4.94. The number of methoxy groups -OCH3 is 2. The number of ether oxygens (including phenoxy) is 5. The fraction of sp³-hybridized carbons (Fsp3) is 0.250. The Balaban J connectivity index is 1.55. The standard InChI is InChI=1S/C32H32ClN3O9/c1-5-13-44-25-12-9-21(17-26(25)43-6-2)36-31(39)23(30(38)35-32(36)40)14-19-15-24(33)29(27(16-19)42-4)45-18-28(37)34-20-7-10-22(41-3)11-8-20/h7-12,14-17H,5-6,13,18H2,1-4H3,(H,34,37)(H,35,38,40)/b23-14+. The molecule has 3 aromatic carbocycles. The first-order valence-corrected chi connectivity index (χ1v) is 14.3. The van der Waals surface area contributed by atoms with Gasteiger partial charge in [-0.05, 0) is 73.5 Å².